The van der Waals surface area contributed by atoms with Crippen LogP contribution in [0.25, 0.3) is 0 Å². The molecule has 2 rings (SSSR count). The van der Waals surface area contributed by atoms with E-state index >= 15 is 0 Å². The van der Waals surface area contributed by atoms with Crippen molar-refractivity contribution in [2.45, 2.75) is 26.3 Å². The van der Waals surface area contributed by atoms with Gasteiger partial charge in [0.1, 0.15) is 12.2 Å². The van der Waals surface area contributed by atoms with Crippen molar-refractivity contribution in [3.63, 3.8) is 0 Å². The second-order valence-corrected chi connectivity index (χ2v) is 5.77. The summed E-state index contributed by atoms with van der Waals surface area (Å²) in [6, 6.07) is 8.41. The van der Waals surface area contributed by atoms with Gasteiger partial charge < -0.3 is 5.32 Å². The van der Waals surface area contributed by atoms with Crippen LogP contribution in [-0.4, -0.2) is 28.4 Å². The summed E-state index contributed by atoms with van der Waals surface area (Å²) < 4.78 is 3.15. The van der Waals surface area contributed by atoms with E-state index < -0.39 is 0 Å². The number of aromatic nitrogens is 3. The van der Waals surface area contributed by atoms with Crippen LogP contribution in [-0.2, 0) is 19.4 Å². The van der Waals surface area contributed by atoms with Crippen molar-refractivity contribution in [3.05, 3.63) is 46.5 Å². The van der Waals surface area contributed by atoms with Gasteiger partial charge in [-0.3, -0.25) is 4.68 Å². The van der Waals surface area contributed by atoms with E-state index in [0.29, 0.717) is 5.92 Å². The molecule has 1 aromatic heterocycles. The van der Waals surface area contributed by atoms with Crippen molar-refractivity contribution in [2.75, 3.05) is 13.6 Å². The third kappa shape index (κ3) is 3.90. The number of halogens is 1. The molecule has 1 aromatic carbocycles. The number of nitrogens with zero attached hydrogens (tertiary/aromatic N) is 3. The zero-order valence-electron chi connectivity index (χ0n) is 12.0. The molecule has 0 aliphatic rings. The highest BCUT2D eigenvalue weighted by atomic mass is 79.9. The van der Waals surface area contributed by atoms with Crippen LogP contribution < -0.4 is 5.32 Å². The van der Waals surface area contributed by atoms with Gasteiger partial charge in [0, 0.05) is 17.4 Å². The summed E-state index contributed by atoms with van der Waals surface area (Å²) in [5.74, 6) is 1.58. The summed E-state index contributed by atoms with van der Waals surface area (Å²) in [5, 5.41) is 7.53. The average Bonchev–Trinajstić information content (AvgIpc) is 2.89. The van der Waals surface area contributed by atoms with Crippen molar-refractivity contribution in [1.29, 1.82) is 0 Å². The quantitative estimate of drug-likeness (QED) is 0.845. The third-order valence-corrected chi connectivity index (χ3v) is 4.20. The number of hydrogen-bond donors (Lipinski definition) is 1. The van der Waals surface area contributed by atoms with Crippen molar-refractivity contribution in [3.8, 4) is 0 Å². The first-order chi connectivity index (χ1) is 9.74. The zero-order chi connectivity index (χ0) is 14.4. The maximum absolute atomic E-state index is 4.39. The summed E-state index contributed by atoms with van der Waals surface area (Å²) in [4.78, 5) is 4.39. The Morgan fingerprint density at radius 1 is 1.30 bits per heavy atom. The lowest BCUT2D eigenvalue weighted by atomic mass is 9.95. The maximum atomic E-state index is 4.39. The lowest BCUT2D eigenvalue weighted by molar-refractivity contribution is 0.463. The largest absolute Gasteiger partial charge is 0.319 e. The van der Waals surface area contributed by atoms with Crippen molar-refractivity contribution < 1.29 is 0 Å². The molecule has 1 heterocycles. The van der Waals surface area contributed by atoms with Crippen LogP contribution in [0.2, 0.25) is 0 Å². The first-order valence-electron chi connectivity index (χ1n) is 6.99. The molecule has 0 radical (unpaired) electrons. The van der Waals surface area contributed by atoms with Gasteiger partial charge in [-0.25, -0.2) is 4.98 Å². The molecule has 5 heteroatoms. The smallest absolute Gasteiger partial charge is 0.138 e. The predicted molar refractivity (Wildman–Crippen MR) is 84.7 cm³/mol. The Hall–Kier alpha value is -1.20. The Labute approximate surface area is 128 Å². The summed E-state index contributed by atoms with van der Waals surface area (Å²) in [6.45, 7) is 3.94. The molecule has 2 aromatic rings. The van der Waals surface area contributed by atoms with Gasteiger partial charge in [0.2, 0.25) is 0 Å². The van der Waals surface area contributed by atoms with E-state index in [1.165, 1.54) is 10.0 Å². The SMILES string of the molecule is CCn1ncnc1CC(CNC)Cc1ccccc1Br. The van der Waals surface area contributed by atoms with Gasteiger partial charge in [0.25, 0.3) is 0 Å². The Morgan fingerprint density at radius 3 is 2.80 bits per heavy atom. The fourth-order valence-electron chi connectivity index (χ4n) is 2.45. The molecule has 0 aliphatic heterocycles. The summed E-state index contributed by atoms with van der Waals surface area (Å²) in [5.41, 5.74) is 1.34. The van der Waals surface area contributed by atoms with Crippen LogP contribution in [0, 0.1) is 5.92 Å². The van der Waals surface area contributed by atoms with E-state index in [4.69, 9.17) is 0 Å². The molecule has 0 amide bonds. The van der Waals surface area contributed by atoms with Crippen LogP contribution in [0.15, 0.2) is 35.1 Å². The molecule has 20 heavy (non-hydrogen) atoms. The van der Waals surface area contributed by atoms with Gasteiger partial charge in [-0.2, -0.15) is 5.10 Å². The van der Waals surface area contributed by atoms with Gasteiger partial charge in [-0.1, -0.05) is 34.1 Å². The minimum atomic E-state index is 0.508. The van der Waals surface area contributed by atoms with E-state index in [1.54, 1.807) is 6.33 Å². The lowest BCUT2D eigenvalue weighted by Gasteiger charge is -2.17. The molecule has 1 N–H and O–H groups in total. The predicted octanol–water partition coefficient (Wildman–Crippen LogP) is 2.68. The summed E-state index contributed by atoms with van der Waals surface area (Å²) in [6.07, 6.45) is 3.61. The standard InChI is InChI=1S/C15H21BrN4/c1-3-20-15(18-11-19-20)9-12(10-17-2)8-13-6-4-5-7-14(13)16/h4-7,11-12,17H,3,8-10H2,1-2H3. The molecule has 0 saturated heterocycles. The van der Waals surface area contributed by atoms with Gasteiger partial charge >= 0.3 is 0 Å². The molecule has 0 fully saturated rings. The van der Waals surface area contributed by atoms with Crippen LogP contribution in [0.3, 0.4) is 0 Å². The number of hydrogen-bond acceptors (Lipinski definition) is 3. The summed E-state index contributed by atoms with van der Waals surface area (Å²) >= 11 is 3.63. The van der Waals surface area contributed by atoms with Crippen LogP contribution in [0.1, 0.15) is 18.3 Å². The monoisotopic (exact) mass is 336 g/mol. The Balaban J connectivity index is 2.09. The minimum Gasteiger partial charge on any atom is -0.319 e. The molecule has 1 atom stereocenters. The van der Waals surface area contributed by atoms with Crippen molar-refractivity contribution in [1.82, 2.24) is 20.1 Å². The first kappa shape index (κ1) is 15.2. The number of nitrogens with one attached hydrogen (secondary N) is 1. The number of rotatable bonds is 7. The van der Waals surface area contributed by atoms with Crippen LogP contribution >= 0.6 is 15.9 Å². The fraction of sp³-hybridized carbons (Fsp3) is 0.467. The van der Waals surface area contributed by atoms with Gasteiger partial charge in [0.15, 0.2) is 0 Å². The Kier molecular flexibility index (Phi) is 5.73. The third-order valence-electron chi connectivity index (χ3n) is 3.43. The number of aryl methyl sites for hydroxylation is 1. The van der Waals surface area contributed by atoms with Gasteiger partial charge in [0.05, 0.1) is 0 Å². The highest BCUT2D eigenvalue weighted by molar-refractivity contribution is 9.10. The minimum absolute atomic E-state index is 0.508. The molecule has 4 nitrogen and oxygen atoms in total. The molecule has 0 spiro atoms. The number of benzene rings is 1. The molecular formula is C15H21BrN4. The van der Waals surface area contributed by atoms with Gasteiger partial charge in [-0.05, 0) is 44.5 Å². The Morgan fingerprint density at radius 2 is 2.10 bits per heavy atom. The second-order valence-electron chi connectivity index (χ2n) is 4.92. The van der Waals surface area contributed by atoms with E-state index in [1.807, 2.05) is 17.8 Å². The highest BCUT2D eigenvalue weighted by Crippen LogP contribution is 2.21. The molecule has 1 unspecified atom stereocenters. The fourth-order valence-corrected chi connectivity index (χ4v) is 2.90. The molecule has 0 aliphatic carbocycles. The van der Waals surface area contributed by atoms with Crippen LogP contribution in [0.5, 0.6) is 0 Å². The second kappa shape index (κ2) is 7.55. The average molecular weight is 337 g/mol. The maximum Gasteiger partial charge on any atom is 0.138 e. The van der Waals surface area contributed by atoms with Crippen molar-refractivity contribution >= 4 is 15.9 Å². The zero-order valence-corrected chi connectivity index (χ0v) is 13.6. The van der Waals surface area contributed by atoms with Crippen LogP contribution in [0.4, 0.5) is 0 Å². The van der Waals surface area contributed by atoms with Crippen molar-refractivity contribution in [2.24, 2.45) is 5.92 Å². The van der Waals surface area contributed by atoms with Gasteiger partial charge in [-0.15, -0.1) is 0 Å². The molecule has 0 saturated carbocycles. The van der Waals surface area contributed by atoms with E-state index in [9.17, 15) is 0 Å². The molecular weight excluding hydrogens is 316 g/mol. The highest BCUT2D eigenvalue weighted by Gasteiger charge is 2.15. The summed E-state index contributed by atoms with van der Waals surface area (Å²) in [7, 11) is 2.00. The molecule has 108 valence electrons. The van der Waals surface area contributed by atoms with E-state index in [2.05, 4.69) is 56.5 Å². The Bertz CT molecular complexity index is 538. The lowest BCUT2D eigenvalue weighted by Crippen LogP contribution is -2.24. The normalized spacial score (nSPS) is 12.6. The van der Waals surface area contributed by atoms with E-state index in [-0.39, 0.29) is 0 Å². The topological polar surface area (TPSA) is 42.7 Å². The first-order valence-corrected chi connectivity index (χ1v) is 7.78. The van der Waals surface area contributed by atoms with E-state index in [0.717, 1.165) is 31.8 Å². The molecule has 0 bridgehead atoms.